The molecule has 0 aromatic heterocycles. The summed E-state index contributed by atoms with van der Waals surface area (Å²) in [6, 6.07) is -1.42. The van der Waals surface area contributed by atoms with E-state index in [1.165, 1.54) is 0 Å². The van der Waals surface area contributed by atoms with Crippen molar-refractivity contribution in [2.75, 3.05) is 6.54 Å². The highest BCUT2D eigenvalue weighted by atomic mass is 19.1. The van der Waals surface area contributed by atoms with Gasteiger partial charge in [0.25, 0.3) is 0 Å². The molecule has 0 radical (unpaired) electrons. The third-order valence-electron chi connectivity index (χ3n) is 2.21. The lowest BCUT2D eigenvalue weighted by atomic mass is 10.2. The van der Waals surface area contributed by atoms with Crippen LogP contribution in [0.15, 0.2) is 0 Å². The van der Waals surface area contributed by atoms with Crippen LogP contribution in [0.1, 0.15) is 27.2 Å². The standard InChI is InChI=1S/C10H16FNO4/c1-10(2,3)16-9(15)12-5-4-6(11)7(12)8(13)14/h6-7H,4-5H2,1-3H3,(H,13,14). The maximum Gasteiger partial charge on any atom is 0.411 e. The minimum Gasteiger partial charge on any atom is -0.480 e. The number of carboxylic acids is 1. The second-order valence-electron chi connectivity index (χ2n) is 4.76. The molecule has 92 valence electrons. The van der Waals surface area contributed by atoms with Crippen molar-refractivity contribution in [1.82, 2.24) is 4.90 Å². The number of alkyl halides is 1. The second kappa shape index (κ2) is 4.27. The molecule has 1 saturated heterocycles. The summed E-state index contributed by atoms with van der Waals surface area (Å²) in [6.45, 7) is 5.09. The van der Waals surface area contributed by atoms with E-state index in [2.05, 4.69) is 0 Å². The van der Waals surface area contributed by atoms with Gasteiger partial charge in [0.05, 0.1) is 0 Å². The van der Waals surface area contributed by atoms with Crippen molar-refractivity contribution in [3.63, 3.8) is 0 Å². The summed E-state index contributed by atoms with van der Waals surface area (Å²) < 4.78 is 18.3. The number of hydrogen-bond donors (Lipinski definition) is 1. The van der Waals surface area contributed by atoms with Crippen LogP contribution in [0.3, 0.4) is 0 Å². The van der Waals surface area contributed by atoms with Crippen LogP contribution < -0.4 is 0 Å². The largest absolute Gasteiger partial charge is 0.480 e. The lowest BCUT2D eigenvalue weighted by molar-refractivity contribution is -0.143. The molecule has 0 aliphatic carbocycles. The SMILES string of the molecule is CC(C)(C)OC(=O)N1CCC(F)C1C(=O)O. The molecule has 6 heteroatoms. The molecule has 1 rings (SSSR count). The van der Waals surface area contributed by atoms with Crippen molar-refractivity contribution in [1.29, 1.82) is 0 Å². The van der Waals surface area contributed by atoms with E-state index in [0.29, 0.717) is 0 Å². The van der Waals surface area contributed by atoms with Gasteiger partial charge >= 0.3 is 12.1 Å². The van der Waals surface area contributed by atoms with Crippen LogP contribution in [-0.2, 0) is 9.53 Å². The summed E-state index contributed by atoms with van der Waals surface area (Å²) in [7, 11) is 0. The summed E-state index contributed by atoms with van der Waals surface area (Å²) in [5, 5.41) is 8.81. The fourth-order valence-electron chi connectivity index (χ4n) is 1.57. The van der Waals surface area contributed by atoms with Crippen molar-refractivity contribution in [2.24, 2.45) is 0 Å². The van der Waals surface area contributed by atoms with Crippen LogP contribution >= 0.6 is 0 Å². The zero-order chi connectivity index (χ0) is 12.5. The van der Waals surface area contributed by atoms with Gasteiger partial charge in [0.15, 0.2) is 6.04 Å². The molecular weight excluding hydrogens is 217 g/mol. The number of ether oxygens (including phenoxy) is 1. The van der Waals surface area contributed by atoms with E-state index in [9.17, 15) is 14.0 Å². The van der Waals surface area contributed by atoms with Gasteiger partial charge in [-0.05, 0) is 27.2 Å². The van der Waals surface area contributed by atoms with E-state index < -0.39 is 29.9 Å². The Labute approximate surface area is 93.2 Å². The molecule has 1 amide bonds. The van der Waals surface area contributed by atoms with Crippen LogP contribution in [0.4, 0.5) is 9.18 Å². The molecule has 2 unspecified atom stereocenters. The van der Waals surface area contributed by atoms with E-state index >= 15 is 0 Å². The third-order valence-corrected chi connectivity index (χ3v) is 2.21. The summed E-state index contributed by atoms with van der Waals surface area (Å²) in [5.41, 5.74) is -0.714. The van der Waals surface area contributed by atoms with Gasteiger partial charge in [0.1, 0.15) is 11.8 Å². The number of likely N-dealkylation sites (tertiary alicyclic amines) is 1. The maximum atomic E-state index is 13.3. The molecule has 0 saturated carbocycles. The Morgan fingerprint density at radius 2 is 2.00 bits per heavy atom. The molecule has 1 fully saturated rings. The fourth-order valence-corrected chi connectivity index (χ4v) is 1.57. The Hall–Kier alpha value is -1.33. The zero-order valence-corrected chi connectivity index (χ0v) is 9.57. The predicted molar refractivity (Wildman–Crippen MR) is 53.9 cm³/mol. The number of carboxylic acid groups (broad SMARTS) is 1. The van der Waals surface area contributed by atoms with Crippen LogP contribution in [0.25, 0.3) is 0 Å². The Balaban J connectivity index is 2.73. The molecule has 1 N–H and O–H groups in total. The number of carbonyl (C=O) groups excluding carboxylic acids is 1. The van der Waals surface area contributed by atoms with Crippen molar-refractivity contribution >= 4 is 12.1 Å². The topological polar surface area (TPSA) is 66.8 Å². The van der Waals surface area contributed by atoms with Crippen molar-refractivity contribution in [2.45, 2.75) is 45.0 Å². The first-order valence-electron chi connectivity index (χ1n) is 5.09. The molecule has 16 heavy (non-hydrogen) atoms. The van der Waals surface area contributed by atoms with Crippen molar-refractivity contribution in [3.05, 3.63) is 0 Å². The van der Waals surface area contributed by atoms with Gasteiger partial charge < -0.3 is 9.84 Å². The molecule has 0 aromatic rings. The Morgan fingerprint density at radius 1 is 1.44 bits per heavy atom. The van der Waals surface area contributed by atoms with Crippen molar-refractivity contribution < 1.29 is 23.8 Å². The number of amides is 1. The van der Waals surface area contributed by atoms with E-state index in [-0.39, 0.29) is 13.0 Å². The van der Waals surface area contributed by atoms with E-state index in [0.717, 1.165) is 4.90 Å². The number of rotatable bonds is 1. The number of hydrogen-bond acceptors (Lipinski definition) is 3. The Morgan fingerprint density at radius 3 is 2.44 bits per heavy atom. The van der Waals surface area contributed by atoms with E-state index in [1.807, 2.05) is 0 Å². The number of nitrogens with zero attached hydrogens (tertiary/aromatic N) is 1. The Bertz CT molecular complexity index is 300. The molecule has 0 aromatic carbocycles. The molecule has 2 atom stereocenters. The fraction of sp³-hybridized carbons (Fsp3) is 0.800. The van der Waals surface area contributed by atoms with Gasteiger partial charge in [-0.1, -0.05) is 0 Å². The van der Waals surface area contributed by atoms with Crippen LogP contribution in [0.2, 0.25) is 0 Å². The zero-order valence-electron chi connectivity index (χ0n) is 9.57. The highest BCUT2D eigenvalue weighted by Gasteiger charge is 2.43. The molecule has 0 bridgehead atoms. The Kier molecular flexibility index (Phi) is 3.40. The summed E-state index contributed by atoms with van der Waals surface area (Å²) >= 11 is 0. The van der Waals surface area contributed by atoms with Gasteiger partial charge in [-0.3, -0.25) is 4.90 Å². The first-order chi connectivity index (χ1) is 7.22. The molecule has 5 nitrogen and oxygen atoms in total. The van der Waals surface area contributed by atoms with Crippen LogP contribution in [-0.4, -0.2) is 46.4 Å². The van der Waals surface area contributed by atoms with Gasteiger partial charge in [-0.15, -0.1) is 0 Å². The lowest BCUT2D eigenvalue weighted by Gasteiger charge is -2.26. The third kappa shape index (κ3) is 2.84. The molecule has 1 aliphatic rings. The smallest absolute Gasteiger partial charge is 0.411 e. The first kappa shape index (κ1) is 12.7. The van der Waals surface area contributed by atoms with E-state index in [4.69, 9.17) is 9.84 Å². The van der Waals surface area contributed by atoms with Gasteiger partial charge in [0, 0.05) is 6.54 Å². The average molecular weight is 233 g/mol. The van der Waals surface area contributed by atoms with Gasteiger partial charge in [0.2, 0.25) is 0 Å². The predicted octanol–water partition coefficient (Wildman–Crippen LogP) is 1.42. The summed E-state index contributed by atoms with van der Waals surface area (Å²) in [4.78, 5) is 23.3. The summed E-state index contributed by atoms with van der Waals surface area (Å²) in [5.74, 6) is -1.34. The number of carbonyl (C=O) groups is 2. The average Bonchev–Trinajstić information content (AvgIpc) is 2.43. The van der Waals surface area contributed by atoms with E-state index in [1.54, 1.807) is 20.8 Å². The highest BCUT2D eigenvalue weighted by molar-refractivity contribution is 5.81. The molecule has 1 heterocycles. The minimum atomic E-state index is -1.52. The number of halogens is 1. The molecule has 0 spiro atoms. The monoisotopic (exact) mass is 233 g/mol. The molecular formula is C10H16FNO4. The van der Waals surface area contributed by atoms with Crippen LogP contribution in [0, 0.1) is 0 Å². The van der Waals surface area contributed by atoms with Gasteiger partial charge in [-0.2, -0.15) is 0 Å². The van der Waals surface area contributed by atoms with Gasteiger partial charge in [-0.25, -0.2) is 14.0 Å². The normalized spacial score (nSPS) is 25.6. The van der Waals surface area contributed by atoms with Crippen molar-refractivity contribution in [3.8, 4) is 0 Å². The highest BCUT2D eigenvalue weighted by Crippen LogP contribution is 2.23. The number of aliphatic carboxylic acids is 1. The summed E-state index contributed by atoms with van der Waals surface area (Å²) in [6.07, 6.45) is -2.26. The second-order valence-corrected chi connectivity index (χ2v) is 4.76. The van der Waals surface area contributed by atoms with Crippen LogP contribution in [0.5, 0.6) is 0 Å². The minimum absolute atomic E-state index is 0.0379. The quantitative estimate of drug-likeness (QED) is 0.743. The lowest BCUT2D eigenvalue weighted by Crippen LogP contribution is -2.46. The maximum absolute atomic E-state index is 13.3. The molecule has 1 aliphatic heterocycles. The first-order valence-corrected chi connectivity index (χ1v) is 5.09.